The first-order valence-corrected chi connectivity index (χ1v) is 10.2. The van der Waals surface area contributed by atoms with Crippen molar-refractivity contribution < 1.29 is 9.47 Å². The van der Waals surface area contributed by atoms with Gasteiger partial charge in [-0.3, -0.25) is 4.90 Å². The van der Waals surface area contributed by atoms with Gasteiger partial charge in [0.15, 0.2) is 0 Å². The second-order valence-electron chi connectivity index (χ2n) is 7.69. The molecule has 1 aliphatic carbocycles. The molecule has 0 bridgehead atoms. The van der Waals surface area contributed by atoms with E-state index < -0.39 is 0 Å². The highest BCUT2D eigenvalue weighted by Crippen LogP contribution is 2.29. The smallest absolute Gasteiger partial charge is 0.119 e. The highest BCUT2D eigenvalue weighted by atomic mass is 16.5. The molecule has 0 aromatic heterocycles. The van der Waals surface area contributed by atoms with Crippen molar-refractivity contribution in [1.29, 1.82) is 0 Å². The maximum Gasteiger partial charge on any atom is 0.119 e. The van der Waals surface area contributed by atoms with Gasteiger partial charge in [0.1, 0.15) is 5.75 Å². The van der Waals surface area contributed by atoms with Gasteiger partial charge in [0.2, 0.25) is 0 Å². The van der Waals surface area contributed by atoms with Crippen LogP contribution in [-0.4, -0.2) is 44.4 Å². The molecule has 0 amide bonds. The molecule has 0 radical (unpaired) electrons. The molecule has 142 valence electrons. The molecule has 2 aliphatic rings. The quantitative estimate of drug-likeness (QED) is 0.751. The fourth-order valence-electron chi connectivity index (χ4n) is 4.40. The van der Waals surface area contributed by atoms with Crippen LogP contribution in [0, 0.1) is 17.8 Å². The van der Waals surface area contributed by atoms with E-state index in [1.165, 1.54) is 42.9 Å². The standard InChI is InChI=1S/C24H29NO2/c1-26-23-11-10-21-17-19(7-9-22(21)18-23)8-12-24(20-5-3-2-4-6-20)25-13-15-27-16-14-25/h7,9-11,17-18,20,24H,2-6,13-16H2,1H3. The van der Waals surface area contributed by atoms with Crippen molar-refractivity contribution in [3.63, 3.8) is 0 Å². The number of hydrogen-bond acceptors (Lipinski definition) is 3. The maximum absolute atomic E-state index is 5.57. The highest BCUT2D eigenvalue weighted by Gasteiger charge is 2.28. The maximum atomic E-state index is 5.57. The molecule has 1 saturated carbocycles. The molecule has 1 heterocycles. The normalized spacial score (nSPS) is 20.0. The molecule has 1 aliphatic heterocycles. The topological polar surface area (TPSA) is 21.7 Å². The number of benzene rings is 2. The molecular formula is C24H29NO2. The number of ether oxygens (including phenoxy) is 2. The van der Waals surface area contributed by atoms with Crippen LogP contribution in [-0.2, 0) is 4.74 Å². The zero-order valence-corrected chi connectivity index (χ0v) is 16.2. The van der Waals surface area contributed by atoms with Crippen LogP contribution in [0.1, 0.15) is 37.7 Å². The summed E-state index contributed by atoms with van der Waals surface area (Å²) in [5.74, 6) is 8.75. The van der Waals surface area contributed by atoms with Gasteiger partial charge in [-0.15, -0.1) is 0 Å². The largest absolute Gasteiger partial charge is 0.497 e. The number of fused-ring (bicyclic) bond motifs is 1. The van der Waals surface area contributed by atoms with E-state index in [0.29, 0.717) is 12.0 Å². The first-order chi connectivity index (χ1) is 13.3. The molecule has 0 spiro atoms. The SMILES string of the molecule is COc1ccc2cc(C#CC(C3CCCCC3)N3CCOCC3)ccc2c1. The zero-order chi connectivity index (χ0) is 18.5. The third-order valence-corrected chi connectivity index (χ3v) is 5.95. The van der Waals surface area contributed by atoms with E-state index in [0.717, 1.165) is 37.6 Å². The molecule has 0 N–H and O–H groups in total. The first-order valence-electron chi connectivity index (χ1n) is 10.2. The first kappa shape index (κ1) is 18.3. The van der Waals surface area contributed by atoms with E-state index in [2.05, 4.69) is 47.1 Å². The Labute approximate surface area is 162 Å². The third-order valence-electron chi connectivity index (χ3n) is 5.95. The van der Waals surface area contributed by atoms with E-state index in [1.54, 1.807) is 7.11 Å². The van der Waals surface area contributed by atoms with Crippen molar-refractivity contribution in [3.05, 3.63) is 42.0 Å². The Hall–Kier alpha value is -2.02. The van der Waals surface area contributed by atoms with Crippen LogP contribution in [0.5, 0.6) is 5.75 Å². The average molecular weight is 364 g/mol. The number of morpholine rings is 1. The van der Waals surface area contributed by atoms with Crippen LogP contribution < -0.4 is 4.74 Å². The van der Waals surface area contributed by atoms with Gasteiger partial charge in [-0.05, 0) is 53.8 Å². The minimum absolute atomic E-state index is 0.362. The van der Waals surface area contributed by atoms with Crippen molar-refractivity contribution in [2.45, 2.75) is 38.1 Å². The van der Waals surface area contributed by atoms with Gasteiger partial charge in [-0.25, -0.2) is 0 Å². The Kier molecular flexibility index (Phi) is 5.97. The average Bonchev–Trinajstić information content (AvgIpc) is 2.75. The van der Waals surface area contributed by atoms with Crippen LogP contribution in [0.4, 0.5) is 0 Å². The minimum atomic E-state index is 0.362. The molecule has 2 aromatic rings. The summed E-state index contributed by atoms with van der Waals surface area (Å²) in [6, 6.07) is 13.0. The predicted octanol–water partition coefficient (Wildman–Crippen LogP) is 4.48. The number of rotatable bonds is 3. The summed E-state index contributed by atoms with van der Waals surface area (Å²) in [5, 5.41) is 2.40. The van der Waals surface area contributed by atoms with E-state index in [9.17, 15) is 0 Å². The van der Waals surface area contributed by atoms with Gasteiger partial charge in [-0.1, -0.05) is 43.2 Å². The lowest BCUT2D eigenvalue weighted by molar-refractivity contribution is 0.0125. The number of nitrogens with zero attached hydrogens (tertiary/aromatic N) is 1. The molecule has 27 heavy (non-hydrogen) atoms. The second-order valence-corrected chi connectivity index (χ2v) is 7.69. The Bertz CT molecular complexity index is 805. The fraction of sp³-hybridized carbons (Fsp3) is 0.500. The zero-order valence-electron chi connectivity index (χ0n) is 16.2. The van der Waals surface area contributed by atoms with Crippen LogP contribution in [0.3, 0.4) is 0 Å². The summed E-state index contributed by atoms with van der Waals surface area (Å²) in [6.07, 6.45) is 6.71. The summed E-state index contributed by atoms with van der Waals surface area (Å²) in [7, 11) is 1.71. The van der Waals surface area contributed by atoms with Crippen molar-refractivity contribution >= 4 is 10.8 Å². The van der Waals surface area contributed by atoms with Crippen LogP contribution in [0.2, 0.25) is 0 Å². The van der Waals surface area contributed by atoms with Gasteiger partial charge < -0.3 is 9.47 Å². The molecule has 3 nitrogen and oxygen atoms in total. The minimum Gasteiger partial charge on any atom is -0.497 e. The molecule has 4 rings (SSSR count). The van der Waals surface area contributed by atoms with Gasteiger partial charge >= 0.3 is 0 Å². The summed E-state index contributed by atoms with van der Waals surface area (Å²) in [6.45, 7) is 3.69. The van der Waals surface area contributed by atoms with E-state index >= 15 is 0 Å². The van der Waals surface area contributed by atoms with Crippen LogP contribution >= 0.6 is 0 Å². The van der Waals surface area contributed by atoms with Gasteiger partial charge in [0, 0.05) is 18.7 Å². The molecule has 2 fully saturated rings. The van der Waals surface area contributed by atoms with Crippen LogP contribution in [0.15, 0.2) is 36.4 Å². The predicted molar refractivity (Wildman–Crippen MR) is 110 cm³/mol. The number of hydrogen-bond donors (Lipinski definition) is 0. The summed E-state index contributed by atoms with van der Waals surface area (Å²) in [4.78, 5) is 2.55. The van der Waals surface area contributed by atoms with E-state index in [4.69, 9.17) is 9.47 Å². The lowest BCUT2D eigenvalue weighted by Gasteiger charge is -2.37. The molecular weight excluding hydrogens is 334 g/mol. The second kappa shape index (κ2) is 8.78. The molecule has 1 unspecified atom stereocenters. The highest BCUT2D eigenvalue weighted by molar-refractivity contribution is 5.85. The third kappa shape index (κ3) is 4.46. The van der Waals surface area contributed by atoms with E-state index in [-0.39, 0.29) is 0 Å². The Morgan fingerprint density at radius 1 is 1.00 bits per heavy atom. The van der Waals surface area contributed by atoms with Crippen molar-refractivity contribution in [2.24, 2.45) is 5.92 Å². The Morgan fingerprint density at radius 3 is 2.52 bits per heavy atom. The Balaban J connectivity index is 1.58. The van der Waals surface area contributed by atoms with Crippen molar-refractivity contribution in [3.8, 4) is 17.6 Å². The van der Waals surface area contributed by atoms with Crippen molar-refractivity contribution in [2.75, 3.05) is 33.4 Å². The summed E-state index contributed by atoms with van der Waals surface area (Å²) >= 11 is 0. The van der Waals surface area contributed by atoms with E-state index in [1.807, 2.05) is 6.07 Å². The fourth-order valence-corrected chi connectivity index (χ4v) is 4.40. The van der Waals surface area contributed by atoms with Gasteiger partial charge in [0.05, 0.1) is 26.4 Å². The van der Waals surface area contributed by atoms with Crippen molar-refractivity contribution in [1.82, 2.24) is 4.90 Å². The Morgan fingerprint density at radius 2 is 1.74 bits per heavy atom. The van der Waals surface area contributed by atoms with Crippen LogP contribution in [0.25, 0.3) is 10.8 Å². The molecule has 1 saturated heterocycles. The lowest BCUT2D eigenvalue weighted by Crippen LogP contribution is -2.46. The molecule has 1 atom stereocenters. The van der Waals surface area contributed by atoms with Gasteiger partial charge in [-0.2, -0.15) is 0 Å². The molecule has 2 aromatic carbocycles. The van der Waals surface area contributed by atoms with Gasteiger partial charge in [0.25, 0.3) is 0 Å². The summed E-state index contributed by atoms with van der Waals surface area (Å²) in [5.41, 5.74) is 1.10. The summed E-state index contributed by atoms with van der Waals surface area (Å²) < 4.78 is 10.9. The molecule has 3 heteroatoms. The number of methoxy groups -OCH3 is 1. The monoisotopic (exact) mass is 363 g/mol. The lowest BCUT2D eigenvalue weighted by atomic mass is 9.83.